The molecule has 1 saturated heterocycles. The third-order valence-corrected chi connectivity index (χ3v) is 3.58. The maximum atomic E-state index is 11.0. The molecule has 0 bridgehead atoms. The number of carboxylic acid groups (broad SMARTS) is 1. The summed E-state index contributed by atoms with van der Waals surface area (Å²) in [6.45, 7) is 2.69. The lowest BCUT2D eigenvalue weighted by atomic mass is 10.1. The van der Waals surface area contributed by atoms with Crippen LogP contribution in [0.1, 0.15) is 6.92 Å². The number of nitro benzene ring substituents is 2. The fourth-order valence-electron chi connectivity index (χ4n) is 2.51. The van der Waals surface area contributed by atoms with Crippen LogP contribution in [-0.2, 0) is 0 Å². The van der Waals surface area contributed by atoms with Crippen molar-refractivity contribution >= 4 is 23.2 Å². The number of hydrogen-bond acceptors (Lipinski definition) is 6. The topological polar surface area (TPSA) is 130 Å². The number of nitro groups is 2. The van der Waals surface area contributed by atoms with Crippen molar-refractivity contribution in [1.82, 2.24) is 4.90 Å². The summed E-state index contributed by atoms with van der Waals surface area (Å²) >= 11 is 0. The molecule has 0 aliphatic carbocycles. The Morgan fingerprint density at radius 1 is 1.23 bits per heavy atom. The van der Waals surface area contributed by atoms with Crippen molar-refractivity contribution < 1.29 is 19.7 Å². The van der Waals surface area contributed by atoms with Gasteiger partial charge in [0.1, 0.15) is 0 Å². The molecule has 1 heterocycles. The molecule has 1 aliphatic heterocycles. The van der Waals surface area contributed by atoms with Crippen molar-refractivity contribution in [3.8, 4) is 0 Å². The van der Waals surface area contributed by atoms with Crippen LogP contribution in [0.15, 0.2) is 18.2 Å². The maximum absolute atomic E-state index is 11.0. The Hall–Kier alpha value is -2.91. The first-order chi connectivity index (χ1) is 10.3. The number of carbonyl (C=O) groups is 1. The van der Waals surface area contributed by atoms with Crippen LogP contribution >= 0.6 is 0 Å². The van der Waals surface area contributed by atoms with Crippen LogP contribution in [0, 0.1) is 20.2 Å². The van der Waals surface area contributed by atoms with Crippen molar-refractivity contribution in [1.29, 1.82) is 0 Å². The zero-order valence-electron chi connectivity index (χ0n) is 11.7. The van der Waals surface area contributed by atoms with Crippen LogP contribution in [0.3, 0.4) is 0 Å². The van der Waals surface area contributed by atoms with E-state index < -0.39 is 27.3 Å². The molecule has 1 atom stereocenters. The predicted molar refractivity (Wildman–Crippen MR) is 76.2 cm³/mol. The molecule has 1 amide bonds. The van der Waals surface area contributed by atoms with Gasteiger partial charge in [-0.2, -0.15) is 0 Å². The molecule has 1 aromatic carbocycles. The maximum Gasteiger partial charge on any atom is 0.407 e. The standard InChI is InChI=1S/C12H14N4O6/c1-8-7-13(12(17)18)4-5-14(8)9-2-3-10(15(19)20)11(6-9)16(21)22/h2-3,6,8H,4-5,7H2,1H3,(H,17,18). The number of nitrogens with zero attached hydrogens (tertiary/aromatic N) is 4. The molecule has 10 nitrogen and oxygen atoms in total. The smallest absolute Gasteiger partial charge is 0.407 e. The molecule has 22 heavy (non-hydrogen) atoms. The van der Waals surface area contributed by atoms with E-state index in [9.17, 15) is 25.0 Å². The van der Waals surface area contributed by atoms with Gasteiger partial charge in [0.05, 0.1) is 9.85 Å². The predicted octanol–water partition coefficient (Wildman–Crippen LogP) is 1.69. The SMILES string of the molecule is CC1CN(C(=O)O)CCN1c1ccc([N+](=O)[O-])c([N+](=O)[O-])c1. The summed E-state index contributed by atoms with van der Waals surface area (Å²) in [5.74, 6) is 0. The number of amides is 1. The highest BCUT2D eigenvalue weighted by Crippen LogP contribution is 2.32. The van der Waals surface area contributed by atoms with Crippen molar-refractivity contribution in [2.75, 3.05) is 24.5 Å². The van der Waals surface area contributed by atoms with Gasteiger partial charge in [-0.3, -0.25) is 20.2 Å². The summed E-state index contributed by atoms with van der Waals surface area (Å²) in [4.78, 5) is 34.2. The first kappa shape index (κ1) is 15.5. The number of rotatable bonds is 3. The van der Waals surface area contributed by atoms with Crippen LogP contribution in [0.5, 0.6) is 0 Å². The second-order valence-corrected chi connectivity index (χ2v) is 4.96. The molecule has 0 aromatic heterocycles. The minimum atomic E-state index is -1.01. The highest BCUT2D eigenvalue weighted by Gasteiger charge is 2.30. The van der Waals surface area contributed by atoms with E-state index in [1.807, 2.05) is 0 Å². The van der Waals surface area contributed by atoms with E-state index in [1.165, 1.54) is 11.0 Å². The van der Waals surface area contributed by atoms with Gasteiger partial charge in [-0.15, -0.1) is 0 Å². The van der Waals surface area contributed by atoms with E-state index in [2.05, 4.69) is 0 Å². The molecule has 0 spiro atoms. The fourth-order valence-corrected chi connectivity index (χ4v) is 2.51. The van der Waals surface area contributed by atoms with E-state index in [0.717, 1.165) is 12.1 Å². The van der Waals surface area contributed by atoms with E-state index in [-0.39, 0.29) is 19.1 Å². The van der Waals surface area contributed by atoms with Crippen LogP contribution in [0.25, 0.3) is 0 Å². The molecule has 0 radical (unpaired) electrons. The van der Waals surface area contributed by atoms with Gasteiger partial charge in [-0.05, 0) is 13.0 Å². The Labute approximate surface area is 124 Å². The lowest BCUT2D eigenvalue weighted by Crippen LogP contribution is -2.53. The van der Waals surface area contributed by atoms with Gasteiger partial charge < -0.3 is 14.9 Å². The van der Waals surface area contributed by atoms with E-state index in [1.54, 1.807) is 11.8 Å². The molecule has 1 aromatic rings. The Kier molecular flexibility index (Phi) is 4.11. The summed E-state index contributed by atoms with van der Waals surface area (Å²) in [7, 11) is 0. The highest BCUT2D eigenvalue weighted by atomic mass is 16.6. The third-order valence-electron chi connectivity index (χ3n) is 3.58. The van der Waals surface area contributed by atoms with Crippen molar-refractivity contribution in [2.24, 2.45) is 0 Å². The first-order valence-electron chi connectivity index (χ1n) is 6.48. The number of anilines is 1. The van der Waals surface area contributed by atoms with Crippen LogP contribution in [0.4, 0.5) is 21.9 Å². The van der Waals surface area contributed by atoms with E-state index in [4.69, 9.17) is 5.11 Å². The Morgan fingerprint density at radius 2 is 1.86 bits per heavy atom. The van der Waals surface area contributed by atoms with Gasteiger partial charge in [0.15, 0.2) is 0 Å². The van der Waals surface area contributed by atoms with Gasteiger partial charge in [0.25, 0.3) is 0 Å². The van der Waals surface area contributed by atoms with Crippen LogP contribution < -0.4 is 4.90 Å². The Morgan fingerprint density at radius 3 is 2.36 bits per heavy atom. The molecule has 118 valence electrons. The Balaban J connectivity index is 2.30. The van der Waals surface area contributed by atoms with Gasteiger partial charge in [-0.25, -0.2) is 4.79 Å². The molecule has 10 heteroatoms. The van der Waals surface area contributed by atoms with Gasteiger partial charge >= 0.3 is 17.5 Å². The lowest BCUT2D eigenvalue weighted by molar-refractivity contribution is -0.422. The lowest BCUT2D eigenvalue weighted by Gasteiger charge is -2.40. The van der Waals surface area contributed by atoms with Crippen molar-refractivity contribution in [3.05, 3.63) is 38.4 Å². The molecular weight excluding hydrogens is 296 g/mol. The van der Waals surface area contributed by atoms with Gasteiger partial charge in [0.2, 0.25) is 0 Å². The summed E-state index contributed by atoms with van der Waals surface area (Å²) in [6, 6.07) is 3.51. The van der Waals surface area contributed by atoms with Crippen LogP contribution in [0.2, 0.25) is 0 Å². The largest absolute Gasteiger partial charge is 0.465 e. The van der Waals surface area contributed by atoms with E-state index in [0.29, 0.717) is 12.2 Å². The summed E-state index contributed by atoms with van der Waals surface area (Å²) in [5, 5.41) is 30.8. The average molecular weight is 310 g/mol. The van der Waals surface area contributed by atoms with Gasteiger partial charge in [-0.1, -0.05) is 0 Å². The molecule has 2 rings (SSSR count). The zero-order chi connectivity index (χ0) is 16.4. The molecule has 1 unspecified atom stereocenters. The van der Waals surface area contributed by atoms with E-state index >= 15 is 0 Å². The minimum absolute atomic E-state index is 0.189. The quantitative estimate of drug-likeness (QED) is 0.664. The molecular formula is C12H14N4O6. The minimum Gasteiger partial charge on any atom is -0.465 e. The normalized spacial score (nSPS) is 18.1. The zero-order valence-corrected chi connectivity index (χ0v) is 11.7. The summed E-state index contributed by atoms with van der Waals surface area (Å²) in [6.07, 6.45) is -1.01. The number of piperazine rings is 1. The first-order valence-corrected chi connectivity index (χ1v) is 6.48. The second kappa shape index (κ2) is 5.84. The second-order valence-electron chi connectivity index (χ2n) is 4.96. The highest BCUT2D eigenvalue weighted by molar-refractivity contribution is 5.67. The number of hydrogen-bond donors (Lipinski definition) is 1. The van der Waals surface area contributed by atoms with Crippen LogP contribution in [-0.4, -0.2) is 51.6 Å². The average Bonchev–Trinajstić information content (AvgIpc) is 2.46. The van der Waals surface area contributed by atoms with Crippen molar-refractivity contribution in [3.63, 3.8) is 0 Å². The molecule has 0 saturated carbocycles. The number of benzene rings is 1. The molecule has 1 aliphatic rings. The van der Waals surface area contributed by atoms with Gasteiger partial charge in [0, 0.05) is 43.5 Å². The summed E-state index contributed by atoms with van der Waals surface area (Å²) in [5.41, 5.74) is -0.671. The fraction of sp³-hybridized carbons (Fsp3) is 0.417. The Bertz CT molecular complexity index is 634. The van der Waals surface area contributed by atoms with Crippen molar-refractivity contribution in [2.45, 2.75) is 13.0 Å². The monoisotopic (exact) mass is 310 g/mol. The molecule has 1 N–H and O–H groups in total. The third kappa shape index (κ3) is 2.90. The summed E-state index contributed by atoms with van der Waals surface area (Å²) < 4.78 is 0. The molecule has 1 fully saturated rings.